The lowest BCUT2D eigenvalue weighted by Gasteiger charge is -2.31. The molecule has 0 aliphatic carbocycles. The van der Waals surface area contributed by atoms with E-state index in [4.69, 9.17) is 14.7 Å². The Kier molecular flexibility index (Phi) is 7.69. The number of aromatic nitrogens is 4. The molecule has 2 amide bonds. The molecule has 4 aromatic heterocycles. The summed E-state index contributed by atoms with van der Waals surface area (Å²) in [5.41, 5.74) is 4.05. The molecule has 12 heteroatoms. The topological polar surface area (TPSA) is 138 Å². The van der Waals surface area contributed by atoms with Gasteiger partial charge in [0.1, 0.15) is 22.7 Å². The SMILES string of the molecule is CC1CC(=O)Nc2nc(N3CCNCC3)c3ncccc3c21.CC1CC(=O)Nc2nc(N3CCOCC3)c3ncccc3c21. The predicted molar refractivity (Wildman–Crippen MR) is 171 cm³/mol. The molecule has 8 heterocycles. The van der Waals surface area contributed by atoms with Crippen molar-refractivity contribution in [3.63, 3.8) is 0 Å². The minimum Gasteiger partial charge on any atom is -0.378 e. The number of nitrogens with zero attached hydrogens (tertiary/aromatic N) is 6. The summed E-state index contributed by atoms with van der Waals surface area (Å²) in [6, 6.07) is 8.05. The first-order valence-electron chi connectivity index (χ1n) is 15.4. The number of hydrogen-bond acceptors (Lipinski definition) is 10. The van der Waals surface area contributed by atoms with Crippen LogP contribution >= 0.6 is 0 Å². The van der Waals surface area contributed by atoms with Crippen LogP contribution in [0, 0.1) is 0 Å². The third-order valence-electron chi connectivity index (χ3n) is 8.78. The van der Waals surface area contributed by atoms with E-state index in [-0.39, 0.29) is 23.7 Å². The molecule has 0 aromatic carbocycles. The monoisotopic (exact) mass is 595 g/mol. The number of carbonyl (C=O) groups is 2. The van der Waals surface area contributed by atoms with E-state index in [0.717, 1.165) is 83.8 Å². The molecule has 4 aliphatic rings. The molecule has 2 unspecified atom stereocenters. The van der Waals surface area contributed by atoms with Crippen molar-refractivity contribution in [1.29, 1.82) is 0 Å². The van der Waals surface area contributed by atoms with Crippen LogP contribution < -0.4 is 25.8 Å². The maximum atomic E-state index is 11.9. The third-order valence-corrected chi connectivity index (χ3v) is 8.78. The van der Waals surface area contributed by atoms with E-state index in [9.17, 15) is 9.59 Å². The normalized spacial score (nSPS) is 21.6. The molecule has 0 bridgehead atoms. The van der Waals surface area contributed by atoms with E-state index in [0.29, 0.717) is 37.7 Å². The molecular formula is C32H37N9O3. The Labute approximate surface area is 255 Å². The van der Waals surface area contributed by atoms with Crippen LogP contribution in [-0.4, -0.2) is 84.2 Å². The smallest absolute Gasteiger partial charge is 0.226 e. The number of morpholine rings is 1. The largest absolute Gasteiger partial charge is 0.378 e. The van der Waals surface area contributed by atoms with Gasteiger partial charge in [-0.05, 0) is 24.0 Å². The molecule has 0 radical (unpaired) electrons. The van der Waals surface area contributed by atoms with Crippen molar-refractivity contribution in [1.82, 2.24) is 25.3 Å². The lowest BCUT2D eigenvalue weighted by Crippen LogP contribution is -2.44. The van der Waals surface area contributed by atoms with Crippen LogP contribution in [0.2, 0.25) is 0 Å². The first kappa shape index (κ1) is 28.4. The van der Waals surface area contributed by atoms with Crippen molar-refractivity contribution in [2.75, 3.05) is 72.9 Å². The highest BCUT2D eigenvalue weighted by atomic mass is 16.5. The van der Waals surface area contributed by atoms with E-state index >= 15 is 0 Å². The summed E-state index contributed by atoms with van der Waals surface area (Å²) in [5, 5.41) is 11.4. The second-order valence-electron chi connectivity index (χ2n) is 11.8. The number of anilines is 4. The Bertz CT molecular complexity index is 1610. The number of nitrogens with one attached hydrogen (secondary N) is 3. The van der Waals surface area contributed by atoms with E-state index in [1.807, 2.05) is 18.3 Å². The first-order chi connectivity index (χ1) is 21.5. The summed E-state index contributed by atoms with van der Waals surface area (Å²) < 4.78 is 5.42. The number of carbonyl (C=O) groups excluding carboxylic acids is 2. The Morgan fingerprint density at radius 1 is 0.727 bits per heavy atom. The minimum absolute atomic E-state index is 0.0312. The molecule has 0 saturated carbocycles. The summed E-state index contributed by atoms with van der Waals surface area (Å²) in [4.78, 5) is 46.8. The van der Waals surface area contributed by atoms with Crippen LogP contribution in [0.1, 0.15) is 49.7 Å². The molecule has 12 nitrogen and oxygen atoms in total. The third kappa shape index (κ3) is 5.28. The molecule has 2 atom stereocenters. The van der Waals surface area contributed by atoms with Crippen LogP contribution in [0.3, 0.4) is 0 Å². The van der Waals surface area contributed by atoms with Crippen molar-refractivity contribution in [3.8, 4) is 0 Å². The number of ether oxygens (including phenoxy) is 1. The standard InChI is InChI=1S/C16H19N5O.C16H18N4O2/c1-10-9-12(22)19-15-13(10)11-3-2-4-18-14(11)16(20-15)21-7-5-17-6-8-21;1-10-9-12(21)18-15-13(10)11-3-2-4-17-14(11)16(19-15)20-5-7-22-8-6-20/h2-4,10,17H,5-9H2,1H3,(H,19,20,22);2-4,10H,5-9H2,1H3,(H,18,19,21). The summed E-state index contributed by atoms with van der Waals surface area (Å²) in [6.07, 6.45) is 4.61. The fourth-order valence-electron chi connectivity index (χ4n) is 6.70. The highest BCUT2D eigenvalue weighted by Crippen LogP contribution is 2.40. The molecule has 4 aliphatic heterocycles. The Morgan fingerprint density at radius 3 is 1.70 bits per heavy atom. The number of rotatable bonds is 2. The Morgan fingerprint density at radius 2 is 1.20 bits per heavy atom. The van der Waals surface area contributed by atoms with Gasteiger partial charge in [-0.3, -0.25) is 19.6 Å². The predicted octanol–water partition coefficient (Wildman–Crippen LogP) is 3.40. The summed E-state index contributed by atoms with van der Waals surface area (Å²) in [7, 11) is 0. The van der Waals surface area contributed by atoms with E-state index in [2.05, 4.69) is 61.7 Å². The number of hydrogen-bond donors (Lipinski definition) is 3. The number of fused-ring (bicyclic) bond motifs is 6. The van der Waals surface area contributed by atoms with Crippen LogP contribution in [0.5, 0.6) is 0 Å². The van der Waals surface area contributed by atoms with Crippen LogP contribution in [-0.2, 0) is 14.3 Å². The fourth-order valence-corrected chi connectivity index (χ4v) is 6.70. The number of amides is 2. The van der Waals surface area contributed by atoms with Crippen LogP contribution in [0.25, 0.3) is 21.8 Å². The zero-order valence-corrected chi connectivity index (χ0v) is 25.1. The van der Waals surface area contributed by atoms with Gasteiger partial charge < -0.3 is 30.5 Å². The van der Waals surface area contributed by atoms with E-state index in [1.54, 1.807) is 6.20 Å². The van der Waals surface area contributed by atoms with Gasteiger partial charge in [0.2, 0.25) is 11.8 Å². The molecule has 228 valence electrons. The zero-order valence-electron chi connectivity index (χ0n) is 25.1. The average molecular weight is 596 g/mol. The van der Waals surface area contributed by atoms with Crippen molar-refractivity contribution in [2.45, 2.75) is 38.5 Å². The van der Waals surface area contributed by atoms with Gasteiger partial charge in [-0.1, -0.05) is 26.0 Å². The quantitative estimate of drug-likeness (QED) is 0.316. The van der Waals surface area contributed by atoms with Gasteiger partial charge in [0.25, 0.3) is 0 Å². The number of piperazine rings is 1. The summed E-state index contributed by atoms with van der Waals surface area (Å²) >= 11 is 0. The molecule has 2 fully saturated rings. The van der Waals surface area contributed by atoms with Crippen molar-refractivity contribution < 1.29 is 14.3 Å². The van der Waals surface area contributed by atoms with Gasteiger partial charge in [0, 0.05) is 86.4 Å². The molecule has 8 rings (SSSR count). The van der Waals surface area contributed by atoms with E-state index in [1.165, 1.54) is 0 Å². The van der Waals surface area contributed by atoms with Gasteiger partial charge in [0.15, 0.2) is 11.6 Å². The second-order valence-corrected chi connectivity index (χ2v) is 11.8. The van der Waals surface area contributed by atoms with Gasteiger partial charge >= 0.3 is 0 Å². The number of pyridine rings is 4. The maximum Gasteiger partial charge on any atom is 0.226 e. The average Bonchev–Trinajstić information content (AvgIpc) is 3.04. The highest BCUT2D eigenvalue weighted by Gasteiger charge is 2.30. The Hall–Kier alpha value is -4.42. The molecule has 4 aromatic rings. The molecule has 0 spiro atoms. The maximum absolute atomic E-state index is 11.9. The zero-order chi connectivity index (χ0) is 30.2. The lowest BCUT2D eigenvalue weighted by atomic mass is 9.91. The van der Waals surface area contributed by atoms with E-state index < -0.39 is 0 Å². The second kappa shape index (κ2) is 11.9. The highest BCUT2D eigenvalue weighted by molar-refractivity contribution is 6.03. The lowest BCUT2D eigenvalue weighted by molar-refractivity contribution is -0.117. The summed E-state index contributed by atoms with van der Waals surface area (Å²) in [5.74, 6) is 3.51. The fraction of sp³-hybridized carbons (Fsp3) is 0.438. The van der Waals surface area contributed by atoms with Crippen molar-refractivity contribution in [3.05, 3.63) is 47.8 Å². The van der Waals surface area contributed by atoms with Gasteiger partial charge in [-0.25, -0.2) is 9.97 Å². The van der Waals surface area contributed by atoms with Crippen molar-refractivity contribution in [2.24, 2.45) is 0 Å². The first-order valence-corrected chi connectivity index (χ1v) is 15.4. The summed E-state index contributed by atoms with van der Waals surface area (Å²) in [6.45, 7) is 10.8. The molecular weight excluding hydrogens is 558 g/mol. The minimum atomic E-state index is 0.0312. The van der Waals surface area contributed by atoms with Crippen molar-refractivity contribution >= 4 is 56.9 Å². The van der Waals surface area contributed by atoms with Gasteiger partial charge in [-0.15, -0.1) is 0 Å². The molecule has 3 N–H and O–H groups in total. The van der Waals surface area contributed by atoms with Crippen LogP contribution in [0.4, 0.5) is 23.3 Å². The molecule has 44 heavy (non-hydrogen) atoms. The molecule has 2 saturated heterocycles. The Balaban J connectivity index is 0.000000142. The van der Waals surface area contributed by atoms with Gasteiger partial charge in [-0.2, -0.15) is 0 Å². The van der Waals surface area contributed by atoms with Gasteiger partial charge in [0.05, 0.1) is 13.2 Å². The van der Waals surface area contributed by atoms with Crippen LogP contribution in [0.15, 0.2) is 36.7 Å².